The molecular weight excluding hydrogens is 380 g/mol. The first kappa shape index (κ1) is 21.2. The molecule has 0 saturated heterocycles. The Balaban J connectivity index is 2.02. The number of nitrogens with zero attached hydrogens (tertiary/aromatic N) is 2. The number of pyridine rings is 1. The topological polar surface area (TPSA) is 50.3 Å². The molecule has 3 rings (SSSR count). The second-order valence-electron chi connectivity index (χ2n) is 7.48. The molecule has 0 unspecified atom stereocenters. The van der Waals surface area contributed by atoms with Crippen molar-refractivity contribution in [1.29, 1.82) is 0 Å². The second kappa shape index (κ2) is 8.89. The van der Waals surface area contributed by atoms with Gasteiger partial charge in [-0.3, -0.25) is 4.98 Å². The van der Waals surface area contributed by atoms with E-state index in [9.17, 15) is 8.42 Å². The van der Waals surface area contributed by atoms with E-state index in [2.05, 4.69) is 11.1 Å². The minimum Gasteiger partial charge on any atom is -0.260 e. The van der Waals surface area contributed by atoms with Crippen molar-refractivity contribution in [1.82, 2.24) is 9.29 Å². The van der Waals surface area contributed by atoms with Gasteiger partial charge in [0.2, 0.25) is 10.0 Å². The third-order valence-electron chi connectivity index (χ3n) is 5.45. The quantitative estimate of drug-likeness (QED) is 0.567. The van der Waals surface area contributed by atoms with Crippen LogP contribution in [0.15, 0.2) is 65.7 Å². The molecule has 0 N–H and O–H groups in total. The highest BCUT2D eigenvalue weighted by Gasteiger charge is 2.29. The summed E-state index contributed by atoms with van der Waals surface area (Å²) in [4.78, 5) is 4.78. The highest BCUT2D eigenvalue weighted by atomic mass is 32.2. The smallest absolute Gasteiger partial charge is 0.243 e. The molecular formula is C24H28N2O2S. The van der Waals surface area contributed by atoms with Gasteiger partial charge in [-0.25, -0.2) is 8.42 Å². The molecule has 5 heteroatoms. The predicted octanol–water partition coefficient (Wildman–Crippen LogP) is 4.75. The van der Waals surface area contributed by atoms with E-state index < -0.39 is 10.0 Å². The second-order valence-corrected chi connectivity index (χ2v) is 9.36. The molecule has 0 aliphatic rings. The molecule has 3 aromatic rings. The lowest BCUT2D eigenvalue weighted by atomic mass is 10.0. The summed E-state index contributed by atoms with van der Waals surface area (Å²) in [6, 6.07) is 17.6. The number of aryl methyl sites for hydroxylation is 2. The predicted molar refractivity (Wildman–Crippen MR) is 117 cm³/mol. The number of aromatic nitrogens is 1. The number of benzene rings is 2. The summed E-state index contributed by atoms with van der Waals surface area (Å²) >= 11 is 0. The van der Waals surface area contributed by atoms with E-state index in [1.165, 1.54) is 0 Å². The van der Waals surface area contributed by atoms with Gasteiger partial charge >= 0.3 is 0 Å². The fraction of sp³-hybridized carbons (Fsp3) is 0.292. The first-order valence-electron chi connectivity index (χ1n) is 9.82. The van der Waals surface area contributed by atoms with Gasteiger partial charge in [0.25, 0.3) is 0 Å². The van der Waals surface area contributed by atoms with Crippen LogP contribution in [0.3, 0.4) is 0 Å². The highest BCUT2D eigenvalue weighted by molar-refractivity contribution is 7.89. The molecule has 152 valence electrons. The lowest BCUT2D eigenvalue weighted by Gasteiger charge is -2.25. The van der Waals surface area contributed by atoms with Gasteiger partial charge < -0.3 is 0 Å². The Morgan fingerprint density at radius 1 is 0.862 bits per heavy atom. The van der Waals surface area contributed by atoms with E-state index >= 15 is 0 Å². The van der Waals surface area contributed by atoms with E-state index in [1.54, 1.807) is 10.5 Å². The van der Waals surface area contributed by atoms with E-state index in [1.807, 2.05) is 76.2 Å². The average molecular weight is 409 g/mol. The van der Waals surface area contributed by atoms with Crippen LogP contribution in [0, 0.1) is 27.7 Å². The first-order valence-corrected chi connectivity index (χ1v) is 11.3. The Morgan fingerprint density at radius 3 is 2.07 bits per heavy atom. The Kier molecular flexibility index (Phi) is 6.50. The van der Waals surface area contributed by atoms with Gasteiger partial charge in [0.05, 0.1) is 17.1 Å². The SMILES string of the molecule is Cc1cc(C)c(C)c(S(=O)(=O)N(CCc2ccccc2)Cc2ccccn2)c1C. The Morgan fingerprint density at radius 2 is 1.48 bits per heavy atom. The molecule has 29 heavy (non-hydrogen) atoms. The zero-order valence-corrected chi connectivity index (χ0v) is 18.3. The van der Waals surface area contributed by atoms with Crippen molar-refractivity contribution in [2.75, 3.05) is 6.54 Å². The molecule has 0 spiro atoms. The van der Waals surface area contributed by atoms with Crippen LogP contribution in [0.5, 0.6) is 0 Å². The molecule has 0 bridgehead atoms. The van der Waals surface area contributed by atoms with Gasteiger partial charge in [-0.15, -0.1) is 0 Å². The molecule has 0 aliphatic carbocycles. The van der Waals surface area contributed by atoms with Crippen molar-refractivity contribution in [3.05, 3.63) is 94.3 Å². The molecule has 1 aromatic heterocycles. The molecule has 4 nitrogen and oxygen atoms in total. The maximum Gasteiger partial charge on any atom is 0.243 e. The molecule has 0 saturated carbocycles. The molecule has 0 radical (unpaired) electrons. The van der Waals surface area contributed by atoms with Gasteiger partial charge in [0.1, 0.15) is 0 Å². The van der Waals surface area contributed by atoms with Crippen LogP contribution in [0.2, 0.25) is 0 Å². The maximum absolute atomic E-state index is 13.8. The van der Waals surface area contributed by atoms with Crippen molar-refractivity contribution in [3.8, 4) is 0 Å². The minimum absolute atomic E-state index is 0.252. The third-order valence-corrected chi connectivity index (χ3v) is 7.57. The molecule has 0 fully saturated rings. The van der Waals surface area contributed by atoms with E-state index in [0.717, 1.165) is 33.5 Å². The summed E-state index contributed by atoms with van der Waals surface area (Å²) < 4.78 is 29.2. The highest BCUT2D eigenvalue weighted by Crippen LogP contribution is 2.29. The summed E-state index contributed by atoms with van der Waals surface area (Å²) in [5.41, 5.74) is 5.48. The number of sulfonamides is 1. The molecule has 0 aliphatic heterocycles. The summed E-state index contributed by atoms with van der Waals surface area (Å²) in [7, 11) is -3.68. The minimum atomic E-state index is -3.68. The van der Waals surface area contributed by atoms with Gasteiger partial charge in [-0.1, -0.05) is 42.5 Å². The van der Waals surface area contributed by atoms with Gasteiger partial charge in [0.15, 0.2) is 0 Å². The van der Waals surface area contributed by atoms with Gasteiger partial charge in [-0.05, 0) is 74.1 Å². The standard InChI is InChI=1S/C24H28N2O2S/c1-18-16-19(2)21(4)24(20(18)3)29(27,28)26(17-23-12-8-9-14-25-23)15-13-22-10-6-5-7-11-22/h5-12,14,16H,13,15,17H2,1-4H3. The number of hydrogen-bond acceptors (Lipinski definition) is 3. The fourth-order valence-electron chi connectivity index (χ4n) is 3.55. The lowest BCUT2D eigenvalue weighted by Crippen LogP contribution is -2.34. The Labute approximate surface area is 174 Å². The zero-order valence-electron chi connectivity index (χ0n) is 17.5. The van der Waals surface area contributed by atoms with Crippen molar-refractivity contribution in [2.24, 2.45) is 0 Å². The van der Waals surface area contributed by atoms with Crippen molar-refractivity contribution in [3.63, 3.8) is 0 Å². The summed E-state index contributed by atoms with van der Waals surface area (Å²) in [5, 5.41) is 0. The number of rotatable bonds is 7. The number of hydrogen-bond donors (Lipinski definition) is 0. The molecule has 1 heterocycles. The molecule has 0 amide bonds. The van der Waals surface area contributed by atoms with Crippen LogP contribution in [-0.2, 0) is 23.0 Å². The monoisotopic (exact) mass is 408 g/mol. The third kappa shape index (κ3) is 4.74. The largest absolute Gasteiger partial charge is 0.260 e. The van der Waals surface area contributed by atoms with Crippen LogP contribution in [0.25, 0.3) is 0 Å². The fourth-order valence-corrected chi connectivity index (χ4v) is 5.54. The Hall–Kier alpha value is -2.50. The first-order chi connectivity index (χ1) is 13.8. The molecule has 2 aromatic carbocycles. The van der Waals surface area contributed by atoms with Crippen LogP contribution < -0.4 is 0 Å². The van der Waals surface area contributed by atoms with Gasteiger partial charge in [0, 0.05) is 12.7 Å². The van der Waals surface area contributed by atoms with E-state index in [0.29, 0.717) is 17.9 Å². The van der Waals surface area contributed by atoms with Gasteiger partial charge in [-0.2, -0.15) is 4.31 Å². The van der Waals surface area contributed by atoms with Crippen LogP contribution in [0.4, 0.5) is 0 Å². The summed E-state index contributed by atoms with van der Waals surface area (Å²) in [6.45, 7) is 8.37. The van der Waals surface area contributed by atoms with E-state index in [-0.39, 0.29) is 6.54 Å². The normalized spacial score (nSPS) is 11.8. The van der Waals surface area contributed by atoms with Crippen LogP contribution in [-0.4, -0.2) is 24.3 Å². The average Bonchev–Trinajstić information content (AvgIpc) is 2.71. The van der Waals surface area contributed by atoms with Crippen LogP contribution in [0.1, 0.15) is 33.5 Å². The van der Waals surface area contributed by atoms with Crippen molar-refractivity contribution < 1.29 is 8.42 Å². The lowest BCUT2D eigenvalue weighted by molar-refractivity contribution is 0.404. The van der Waals surface area contributed by atoms with E-state index in [4.69, 9.17) is 0 Å². The Bertz CT molecular complexity index is 1050. The van der Waals surface area contributed by atoms with Crippen LogP contribution >= 0.6 is 0 Å². The summed E-state index contributed by atoms with van der Waals surface area (Å²) in [6.07, 6.45) is 2.35. The molecule has 0 atom stereocenters. The van der Waals surface area contributed by atoms with Crippen molar-refractivity contribution in [2.45, 2.75) is 45.6 Å². The zero-order chi connectivity index (χ0) is 21.0. The maximum atomic E-state index is 13.8. The summed E-state index contributed by atoms with van der Waals surface area (Å²) in [5.74, 6) is 0. The van der Waals surface area contributed by atoms with Crippen molar-refractivity contribution >= 4 is 10.0 Å².